The molecule has 0 aliphatic rings. The van der Waals surface area contributed by atoms with E-state index in [0.29, 0.717) is 18.9 Å². The van der Waals surface area contributed by atoms with Crippen LogP contribution >= 0.6 is 0 Å². The topological polar surface area (TPSA) is 58.2 Å². The first-order valence-corrected chi connectivity index (χ1v) is 5.95. The number of amides is 2. The van der Waals surface area contributed by atoms with Crippen LogP contribution in [-0.4, -0.2) is 24.4 Å². The summed E-state index contributed by atoms with van der Waals surface area (Å²) in [7, 11) is 0. The number of hydrogen-bond acceptors (Lipinski definition) is 2. The van der Waals surface area contributed by atoms with Crippen molar-refractivity contribution in [2.24, 2.45) is 5.92 Å². The second-order valence-electron chi connectivity index (χ2n) is 4.67. The second kappa shape index (κ2) is 8.13. The van der Waals surface area contributed by atoms with Crippen LogP contribution in [-0.2, 0) is 9.59 Å². The highest BCUT2D eigenvalue weighted by Gasteiger charge is 2.07. The molecule has 2 amide bonds. The smallest absolute Gasteiger partial charge is 0.221 e. The molecule has 2 N–H and O–H groups in total. The monoisotopic (exact) mass is 228 g/mol. The van der Waals surface area contributed by atoms with E-state index in [1.807, 2.05) is 6.92 Å². The summed E-state index contributed by atoms with van der Waals surface area (Å²) >= 11 is 0. The number of carbonyl (C=O) groups excluding carboxylic acids is 2. The SMILES string of the molecule is CC(=O)NCCC(=O)NC(C)CCC(C)C. The van der Waals surface area contributed by atoms with Gasteiger partial charge in [-0.3, -0.25) is 9.59 Å². The lowest BCUT2D eigenvalue weighted by atomic mass is 10.0. The third-order valence-electron chi connectivity index (χ3n) is 2.31. The molecule has 0 heterocycles. The average molecular weight is 228 g/mol. The average Bonchev–Trinajstić information content (AvgIpc) is 2.14. The van der Waals surface area contributed by atoms with Gasteiger partial charge in [0.05, 0.1) is 0 Å². The Labute approximate surface area is 98.2 Å². The molecule has 0 bridgehead atoms. The lowest BCUT2D eigenvalue weighted by Crippen LogP contribution is -2.35. The summed E-state index contributed by atoms with van der Waals surface area (Å²) in [6.07, 6.45) is 2.47. The van der Waals surface area contributed by atoms with E-state index in [-0.39, 0.29) is 17.9 Å². The molecule has 0 saturated heterocycles. The minimum absolute atomic E-state index is 0.00464. The van der Waals surface area contributed by atoms with Crippen molar-refractivity contribution < 1.29 is 9.59 Å². The van der Waals surface area contributed by atoms with Crippen LogP contribution in [0.4, 0.5) is 0 Å². The van der Waals surface area contributed by atoms with Crippen LogP contribution in [0.25, 0.3) is 0 Å². The molecule has 0 spiro atoms. The maximum absolute atomic E-state index is 11.4. The fourth-order valence-electron chi connectivity index (χ4n) is 1.35. The molecule has 0 aromatic heterocycles. The van der Waals surface area contributed by atoms with E-state index >= 15 is 0 Å². The molecule has 1 unspecified atom stereocenters. The lowest BCUT2D eigenvalue weighted by Gasteiger charge is -2.15. The van der Waals surface area contributed by atoms with Crippen LogP contribution in [0.1, 0.15) is 47.0 Å². The molecule has 0 fully saturated rings. The predicted octanol–water partition coefficient (Wildman–Crippen LogP) is 1.45. The minimum atomic E-state index is -0.0966. The zero-order chi connectivity index (χ0) is 12.6. The molecule has 0 saturated carbocycles. The van der Waals surface area contributed by atoms with Crippen molar-refractivity contribution >= 4 is 11.8 Å². The third-order valence-corrected chi connectivity index (χ3v) is 2.31. The first-order valence-electron chi connectivity index (χ1n) is 5.95. The lowest BCUT2D eigenvalue weighted by molar-refractivity contribution is -0.122. The van der Waals surface area contributed by atoms with Crippen molar-refractivity contribution in [2.45, 2.75) is 53.0 Å². The number of rotatable bonds is 7. The van der Waals surface area contributed by atoms with E-state index in [4.69, 9.17) is 0 Å². The largest absolute Gasteiger partial charge is 0.356 e. The van der Waals surface area contributed by atoms with Crippen molar-refractivity contribution in [3.05, 3.63) is 0 Å². The van der Waals surface area contributed by atoms with Gasteiger partial charge in [0.15, 0.2) is 0 Å². The van der Waals surface area contributed by atoms with Crippen LogP contribution in [0.3, 0.4) is 0 Å². The van der Waals surface area contributed by atoms with Crippen molar-refractivity contribution in [3.63, 3.8) is 0 Å². The Morgan fingerprint density at radius 1 is 1.12 bits per heavy atom. The van der Waals surface area contributed by atoms with Crippen molar-refractivity contribution in [1.82, 2.24) is 10.6 Å². The Hall–Kier alpha value is -1.06. The van der Waals surface area contributed by atoms with E-state index in [0.717, 1.165) is 12.8 Å². The maximum Gasteiger partial charge on any atom is 0.221 e. The van der Waals surface area contributed by atoms with E-state index in [1.54, 1.807) is 0 Å². The summed E-state index contributed by atoms with van der Waals surface area (Å²) in [5.41, 5.74) is 0. The molecule has 16 heavy (non-hydrogen) atoms. The Morgan fingerprint density at radius 2 is 1.75 bits per heavy atom. The Morgan fingerprint density at radius 3 is 2.25 bits per heavy atom. The van der Waals surface area contributed by atoms with Crippen LogP contribution < -0.4 is 10.6 Å². The number of hydrogen-bond donors (Lipinski definition) is 2. The van der Waals surface area contributed by atoms with E-state index in [1.165, 1.54) is 6.92 Å². The molecule has 4 nitrogen and oxygen atoms in total. The van der Waals surface area contributed by atoms with Crippen LogP contribution in [0, 0.1) is 5.92 Å². The minimum Gasteiger partial charge on any atom is -0.356 e. The Kier molecular flexibility index (Phi) is 7.60. The summed E-state index contributed by atoms with van der Waals surface area (Å²) in [6, 6.07) is 0.215. The van der Waals surface area contributed by atoms with Crippen LogP contribution in [0.5, 0.6) is 0 Å². The van der Waals surface area contributed by atoms with Crippen molar-refractivity contribution in [1.29, 1.82) is 0 Å². The molecule has 0 aromatic rings. The number of carbonyl (C=O) groups is 2. The van der Waals surface area contributed by atoms with Gasteiger partial charge in [0, 0.05) is 25.9 Å². The van der Waals surface area contributed by atoms with Gasteiger partial charge in [-0.05, 0) is 25.7 Å². The van der Waals surface area contributed by atoms with Gasteiger partial charge in [0.25, 0.3) is 0 Å². The molecule has 1 atom stereocenters. The van der Waals surface area contributed by atoms with Gasteiger partial charge < -0.3 is 10.6 Å². The number of nitrogens with one attached hydrogen (secondary N) is 2. The molecule has 0 rings (SSSR count). The first kappa shape index (κ1) is 14.9. The maximum atomic E-state index is 11.4. The van der Waals surface area contributed by atoms with Gasteiger partial charge in [0.2, 0.25) is 11.8 Å². The fraction of sp³-hybridized carbons (Fsp3) is 0.833. The molecule has 94 valence electrons. The second-order valence-corrected chi connectivity index (χ2v) is 4.67. The summed E-state index contributed by atoms with van der Waals surface area (Å²) < 4.78 is 0. The fourth-order valence-corrected chi connectivity index (χ4v) is 1.35. The molecule has 0 aliphatic heterocycles. The third kappa shape index (κ3) is 9.49. The zero-order valence-electron chi connectivity index (χ0n) is 10.8. The highest BCUT2D eigenvalue weighted by molar-refractivity contribution is 5.78. The van der Waals surface area contributed by atoms with E-state index < -0.39 is 0 Å². The Bertz CT molecular complexity index is 227. The zero-order valence-corrected chi connectivity index (χ0v) is 10.8. The molecule has 0 radical (unpaired) electrons. The molecular formula is C12H24N2O2. The first-order chi connectivity index (χ1) is 7.41. The summed E-state index contributed by atoms with van der Waals surface area (Å²) in [4.78, 5) is 22.0. The molecule has 0 aromatic carbocycles. The highest BCUT2D eigenvalue weighted by Crippen LogP contribution is 2.06. The Balaban J connectivity index is 3.58. The van der Waals surface area contributed by atoms with Crippen molar-refractivity contribution in [2.75, 3.05) is 6.54 Å². The standard InChI is InChI=1S/C12H24N2O2/c1-9(2)5-6-10(3)14-12(16)7-8-13-11(4)15/h9-10H,5-8H2,1-4H3,(H,13,15)(H,14,16). The highest BCUT2D eigenvalue weighted by atomic mass is 16.2. The summed E-state index contributed by atoms with van der Waals surface area (Å²) in [6.45, 7) is 8.22. The van der Waals surface area contributed by atoms with Gasteiger partial charge in [-0.2, -0.15) is 0 Å². The van der Waals surface area contributed by atoms with E-state index in [9.17, 15) is 9.59 Å². The van der Waals surface area contributed by atoms with Gasteiger partial charge >= 0.3 is 0 Å². The molecular weight excluding hydrogens is 204 g/mol. The van der Waals surface area contributed by atoms with Gasteiger partial charge in [0.1, 0.15) is 0 Å². The summed E-state index contributed by atoms with van der Waals surface area (Å²) in [5.74, 6) is 0.574. The van der Waals surface area contributed by atoms with Gasteiger partial charge in [-0.25, -0.2) is 0 Å². The quantitative estimate of drug-likeness (QED) is 0.693. The van der Waals surface area contributed by atoms with Gasteiger partial charge in [-0.15, -0.1) is 0 Å². The van der Waals surface area contributed by atoms with Crippen LogP contribution in [0.2, 0.25) is 0 Å². The van der Waals surface area contributed by atoms with E-state index in [2.05, 4.69) is 24.5 Å². The predicted molar refractivity (Wildman–Crippen MR) is 65.0 cm³/mol. The molecule has 0 aliphatic carbocycles. The van der Waals surface area contributed by atoms with Crippen LogP contribution in [0.15, 0.2) is 0 Å². The summed E-state index contributed by atoms with van der Waals surface area (Å²) in [5, 5.41) is 5.52. The van der Waals surface area contributed by atoms with Crippen molar-refractivity contribution in [3.8, 4) is 0 Å². The normalized spacial score (nSPS) is 12.3. The molecule has 4 heteroatoms. The van der Waals surface area contributed by atoms with Gasteiger partial charge in [-0.1, -0.05) is 13.8 Å².